The Morgan fingerprint density at radius 1 is 1.20 bits per heavy atom. The number of hydrogen-bond acceptors (Lipinski definition) is 2. The monoisotopic (exact) mass is 274 g/mol. The summed E-state index contributed by atoms with van der Waals surface area (Å²) in [6.45, 7) is 5.32. The van der Waals surface area contributed by atoms with Crippen molar-refractivity contribution in [3.05, 3.63) is 29.6 Å². The molecule has 0 aliphatic heterocycles. The molecule has 2 rings (SSSR count). The highest BCUT2D eigenvalue weighted by Gasteiger charge is 2.29. The number of nitrogens with two attached hydrogens (primary N) is 1. The van der Waals surface area contributed by atoms with Gasteiger partial charge >= 0.3 is 0 Å². The molecular weight excluding hydrogens is 244 g/mol. The van der Waals surface area contributed by atoms with Crippen LogP contribution in [0.2, 0.25) is 0 Å². The van der Waals surface area contributed by atoms with Gasteiger partial charge in [-0.2, -0.15) is 0 Å². The van der Waals surface area contributed by atoms with Gasteiger partial charge in [0.2, 0.25) is 0 Å². The third-order valence-electron chi connectivity index (χ3n) is 5.01. The molecule has 20 heavy (non-hydrogen) atoms. The second-order valence-electron chi connectivity index (χ2n) is 6.44. The van der Waals surface area contributed by atoms with Crippen molar-refractivity contribution in [2.45, 2.75) is 58.8 Å². The van der Waals surface area contributed by atoms with Crippen LogP contribution in [0.5, 0.6) is 0 Å². The van der Waals surface area contributed by atoms with E-state index >= 15 is 0 Å². The smallest absolute Gasteiger partial charge is 0.0406 e. The van der Waals surface area contributed by atoms with E-state index < -0.39 is 0 Å². The molecule has 0 amide bonds. The Morgan fingerprint density at radius 3 is 2.65 bits per heavy atom. The molecule has 1 aromatic rings. The van der Waals surface area contributed by atoms with E-state index in [1.54, 1.807) is 0 Å². The Bertz CT molecular complexity index is 385. The molecule has 0 radical (unpaired) electrons. The summed E-state index contributed by atoms with van der Waals surface area (Å²) in [4.78, 5) is 4.64. The predicted octanol–water partition coefficient (Wildman–Crippen LogP) is 3.98. The summed E-state index contributed by atoms with van der Waals surface area (Å²) in [5.41, 5.74) is 8.57. The second-order valence-corrected chi connectivity index (χ2v) is 6.44. The van der Waals surface area contributed by atoms with E-state index in [4.69, 9.17) is 5.73 Å². The molecular formula is C18H30N2. The van der Waals surface area contributed by atoms with Crippen LogP contribution < -0.4 is 5.73 Å². The van der Waals surface area contributed by atoms with Crippen molar-refractivity contribution in [1.29, 1.82) is 0 Å². The van der Waals surface area contributed by atoms with Crippen LogP contribution in [0.15, 0.2) is 18.3 Å². The molecule has 2 nitrogen and oxygen atoms in total. The molecule has 1 heterocycles. The van der Waals surface area contributed by atoms with Crippen LogP contribution >= 0.6 is 0 Å². The van der Waals surface area contributed by atoms with Crippen LogP contribution in [-0.2, 0) is 12.8 Å². The summed E-state index contributed by atoms with van der Waals surface area (Å²) in [6.07, 6.45) is 11.0. The van der Waals surface area contributed by atoms with E-state index in [1.165, 1.54) is 43.4 Å². The molecule has 2 heteroatoms. The minimum Gasteiger partial charge on any atom is -0.330 e. The van der Waals surface area contributed by atoms with Crippen molar-refractivity contribution in [2.75, 3.05) is 6.54 Å². The number of aromatic nitrogens is 1. The molecule has 3 unspecified atom stereocenters. The Kier molecular flexibility index (Phi) is 6.03. The zero-order chi connectivity index (χ0) is 14.4. The lowest BCUT2D eigenvalue weighted by Crippen LogP contribution is -2.32. The zero-order valence-corrected chi connectivity index (χ0v) is 13.1. The lowest BCUT2D eigenvalue weighted by molar-refractivity contribution is 0.175. The van der Waals surface area contributed by atoms with Crippen molar-refractivity contribution in [2.24, 2.45) is 23.5 Å². The van der Waals surface area contributed by atoms with Crippen LogP contribution in [0.25, 0.3) is 0 Å². The van der Waals surface area contributed by atoms with Crippen LogP contribution in [0, 0.1) is 17.8 Å². The highest BCUT2D eigenvalue weighted by Crippen LogP contribution is 2.37. The number of pyridine rings is 1. The van der Waals surface area contributed by atoms with Gasteiger partial charge in [-0.25, -0.2) is 0 Å². The molecule has 0 aromatic carbocycles. The average Bonchev–Trinajstić information content (AvgIpc) is 2.49. The highest BCUT2D eigenvalue weighted by molar-refractivity contribution is 5.14. The molecule has 112 valence electrons. The zero-order valence-electron chi connectivity index (χ0n) is 13.1. The summed E-state index contributed by atoms with van der Waals surface area (Å²) in [7, 11) is 0. The third kappa shape index (κ3) is 4.05. The Hall–Kier alpha value is -0.890. The van der Waals surface area contributed by atoms with Gasteiger partial charge in [-0.15, -0.1) is 0 Å². The summed E-state index contributed by atoms with van der Waals surface area (Å²) in [5, 5.41) is 0. The van der Waals surface area contributed by atoms with E-state index in [0.29, 0.717) is 5.92 Å². The van der Waals surface area contributed by atoms with Gasteiger partial charge in [-0.05, 0) is 61.6 Å². The van der Waals surface area contributed by atoms with Crippen LogP contribution in [0.1, 0.15) is 57.2 Å². The summed E-state index contributed by atoms with van der Waals surface area (Å²) < 4.78 is 0. The average molecular weight is 274 g/mol. The first-order chi connectivity index (χ1) is 9.76. The SMILES string of the molecule is CCCC1CCC(CN)C(Cc2ccc(CC)cn2)C1. The molecule has 0 saturated heterocycles. The van der Waals surface area contributed by atoms with Gasteiger partial charge in [-0.1, -0.05) is 39.2 Å². The van der Waals surface area contributed by atoms with Gasteiger partial charge < -0.3 is 5.73 Å². The van der Waals surface area contributed by atoms with Crippen molar-refractivity contribution < 1.29 is 0 Å². The van der Waals surface area contributed by atoms with Crippen LogP contribution in [-0.4, -0.2) is 11.5 Å². The minimum atomic E-state index is 0.704. The Balaban J connectivity index is 1.99. The third-order valence-corrected chi connectivity index (χ3v) is 5.01. The Labute approximate surface area is 124 Å². The lowest BCUT2D eigenvalue weighted by Gasteiger charge is -2.35. The number of hydrogen-bond donors (Lipinski definition) is 1. The normalized spacial score (nSPS) is 26.6. The van der Waals surface area contributed by atoms with Crippen LogP contribution in [0.4, 0.5) is 0 Å². The topological polar surface area (TPSA) is 38.9 Å². The second kappa shape index (κ2) is 7.78. The molecule has 1 fully saturated rings. The summed E-state index contributed by atoms with van der Waals surface area (Å²) in [6, 6.07) is 4.45. The molecule has 3 atom stereocenters. The van der Waals surface area contributed by atoms with Crippen molar-refractivity contribution in [1.82, 2.24) is 4.98 Å². The standard InChI is InChI=1S/C18H30N2/c1-3-5-15-6-8-16(12-19)17(10-15)11-18-9-7-14(4-2)13-20-18/h7,9,13,15-17H,3-6,8,10-12,19H2,1-2H3. The summed E-state index contributed by atoms with van der Waals surface area (Å²) >= 11 is 0. The number of nitrogens with zero attached hydrogens (tertiary/aromatic N) is 1. The quantitative estimate of drug-likeness (QED) is 0.852. The van der Waals surface area contributed by atoms with E-state index in [1.807, 2.05) is 6.20 Å². The van der Waals surface area contributed by atoms with Gasteiger partial charge in [0.1, 0.15) is 0 Å². The van der Waals surface area contributed by atoms with E-state index in [-0.39, 0.29) is 0 Å². The largest absolute Gasteiger partial charge is 0.330 e. The van der Waals surface area contributed by atoms with Gasteiger partial charge in [0.15, 0.2) is 0 Å². The number of aryl methyl sites for hydroxylation is 1. The van der Waals surface area contributed by atoms with Gasteiger partial charge in [-0.3, -0.25) is 4.98 Å². The highest BCUT2D eigenvalue weighted by atomic mass is 14.7. The van der Waals surface area contributed by atoms with Crippen molar-refractivity contribution in [3.8, 4) is 0 Å². The first-order valence-corrected chi connectivity index (χ1v) is 8.40. The maximum absolute atomic E-state index is 5.99. The first-order valence-electron chi connectivity index (χ1n) is 8.40. The molecule has 0 spiro atoms. The molecule has 1 aliphatic rings. The van der Waals surface area contributed by atoms with E-state index in [9.17, 15) is 0 Å². The summed E-state index contributed by atoms with van der Waals surface area (Å²) in [5.74, 6) is 2.36. The minimum absolute atomic E-state index is 0.704. The van der Waals surface area contributed by atoms with E-state index in [2.05, 4.69) is 31.0 Å². The van der Waals surface area contributed by atoms with Gasteiger partial charge in [0, 0.05) is 11.9 Å². The van der Waals surface area contributed by atoms with Gasteiger partial charge in [0.05, 0.1) is 0 Å². The molecule has 1 aromatic heterocycles. The fourth-order valence-corrected chi connectivity index (χ4v) is 3.71. The lowest BCUT2D eigenvalue weighted by atomic mass is 9.71. The fraction of sp³-hybridized carbons (Fsp3) is 0.722. The van der Waals surface area contributed by atoms with E-state index in [0.717, 1.165) is 31.2 Å². The fourth-order valence-electron chi connectivity index (χ4n) is 3.71. The van der Waals surface area contributed by atoms with Crippen molar-refractivity contribution >= 4 is 0 Å². The number of rotatable bonds is 6. The van der Waals surface area contributed by atoms with Crippen LogP contribution in [0.3, 0.4) is 0 Å². The molecule has 2 N–H and O–H groups in total. The molecule has 0 bridgehead atoms. The Morgan fingerprint density at radius 2 is 2.05 bits per heavy atom. The maximum atomic E-state index is 5.99. The molecule has 1 saturated carbocycles. The van der Waals surface area contributed by atoms with Gasteiger partial charge in [0.25, 0.3) is 0 Å². The predicted molar refractivity (Wildman–Crippen MR) is 85.6 cm³/mol. The first kappa shape index (κ1) is 15.5. The maximum Gasteiger partial charge on any atom is 0.0406 e. The molecule has 1 aliphatic carbocycles. The van der Waals surface area contributed by atoms with Crippen molar-refractivity contribution in [3.63, 3.8) is 0 Å².